The summed E-state index contributed by atoms with van der Waals surface area (Å²) in [5.74, 6) is -0.376. The second-order valence-electron chi connectivity index (χ2n) is 7.16. The van der Waals surface area contributed by atoms with E-state index in [0.29, 0.717) is 6.42 Å². The van der Waals surface area contributed by atoms with Gasteiger partial charge >= 0.3 is 0 Å². The van der Waals surface area contributed by atoms with E-state index in [0.717, 1.165) is 30.6 Å². The highest BCUT2D eigenvalue weighted by atomic mass is 32.1. The first-order chi connectivity index (χ1) is 11.5. The van der Waals surface area contributed by atoms with Crippen molar-refractivity contribution in [2.45, 2.75) is 45.2 Å². The van der Waals surface area contributed by atoms with Crippen LogP contribution in [0, 0.1) is 5.41 Å². The van der Waals surface area contributed by atoms with Gasteiger partial charge in [0.2, 0.25) is 11.8 Å². The van der Waals surface area contributed by atoms with Crippen LogP contribution in [0.1, 0.15) is 32.3 Å². The van der Waals surface area contributed by atoms with Gasteiger partial charge in [-0.3, -0.25) is 14.5 Å². The number of carbonyl (C=O) groups excluding carboxylic acids is 2. The van der Waals surface area contributed by atoms with Crippen LogP contribution in [0.2, 0.25) is 0 Å². The second-order valence-corrected chi connectivity index (χ2v) is 7.54. The van der Waals surface area contributed by atoms with E-state index in [-0.39, 0.29) is 29.0 Å². The molecular weight excluding hydrogens is 322 g/mol. The van der Waals surface area contributed by atoms with Crippen LogP contribution >= 0.6 is 12.2 Å². The highest BCUT2D eigenvalue weighted by molar-refractivity contribution is 7.80. The third-order valence-corrected chi connectivity index (χ3v) is 5.85. The Labute approximate surface area is 147 Å². The van der Waals surface area contributed by atoms with Crippen molar-refractivity contribution in [1.29, 1.82) is 0 Å². The average Bonchev–Trinajstić information content (AvgIpc) is 3.02. The lowest BCUT2D eigenvalue weighted by atomic mass is 9.68. The summed E-state index contributed by atoms with van der Waals surface area (Å²) in [7, 11) is 0. The fraction of sp³-hybridized carbons (Fsp3) is 0.500. The van der Waals surface area contributed by atoms with Gasteiger partial charge in [-0.05, 0) is 57.0 Å². The summed E-state index contributed by atoms with van der Waals surface area (Å²) in [6.07, 6.45) is 2.29. The number of hydrogen-bond acceptors (Lipinski definition) is 4. The van der Waals surface area contributed by atoms with Gasteiger partial charge in [-0.25, -0.2) is 0 Å². The van der Waals surface area contributed by atoms with Gasteiger partial charge in [0.1, 0.15) is 0 Å². The molecule has 2 fully saturated rings. The molecule has 2 saturated heterocycles. The molecule has 0 aliphatic carbocycles. The number of hydrogen-bond donors (Lipinski definition) is 1. The van der Waals surface area contributed by atoms with E-state index in [2.05, 4.69) is 16.3 Å². The van der Waals surface area contributed by atoms with Gasteiger partial charge in [0.15, 0.2) is 10.5 Å². The molecule has 3 aliphatic rings. The Kier molecular flexibility index (Phi) is 3.42. The van der Waals surface area contributed by atoms with Crippen LogP contribution in [-0.4, -0.2) is 40.5 Å². The Balaban J connectivity index is 1.88. The minimum atomic E-state index is -1.07. The highest BCUT2D eigenvalue weighted by Crippen LogP contribution is 2.48. The van der Waals surface area contributed by atoms with E-state index in [1.54, 1.807) is 4.90 Å². The lowest BCUT2D eigenvalue weighted by molar-refractivity contribution is -0.153. The Hall–Kier alpha value is -1.95. The molecule has 0 radical (unpaired) electrons. The van der Waals surface area contributed by atoms with Crippen molar-refractivity contribution in [3.8, 4) is 0 Å². The first kappa shape index (κ1) is 15.6. The number of rotatable bonds is 1. The standard InChI is InChI=1S/C18H21N3O2S/c1-11(2)21-16(23)18(15(22)19-17(21)24)10-12-6-3-4-7-13(12)20-9-5-8-14(18)20/h3-4,6-7,11,14H,5,8-10H2,1-2H3,(H,19,22,24)/t14-,18-/m1/s1. The fourth-order valence-corrected chi connectivity index (χ4v) is 4.90. The lowest BCUT2D eigenvalue weighted by Gasteiger charge is -2.51. The van der Waals surface area contributed by atoms with Crippen molar-refractivity contribution in [2.24, 2.45) is 5.41 Å². The molecule has 1 spiro atoms. The first-order valence-corrected chi connectivity index (χ1v) is 8.91. The quantitative estimate of drug-likeness (QED) is 0.625. The Bertz CT molecular complexity index is 748. The van der Waals surface area contributed by atoms with Crippen LogP contribution in [0.25, 0.3) is 0 Å². The lowest BCUT2D eigenvalue weighted by Crippen LogP contribution is -2.72. The Morgan fingerprint density at radius 2 is 2.04 bits per heavy atom. The topological polar surface area (TPSA) is 52.7 Å². The number of anilines is 1. The molecule has 1 aromatic rings. The zero-order valence-corrected chi connectivity index (χ0v) is 14.7. The van der Waals surface area contributed by atoms with Crippen molar-refractivity contribution in [1.82, 2.24) is 10.2 Å². The van der Waals surface area contributed by atoms with E-state index >= 15 is 0 Å². The molecule has 0 saturated carbocycles. The third kappa shape index (κ3) is 1.89. The summed E-state index contributed by atoms with van der Waals surface area (Å²) in [5.41, 5.74) is 1.16. The summed E-state index contributed by atoms with van der Waals surface area (Å²) in [4.78, 5) is 30.3. The number of nitrogens with zero attached hydrogens (tertiary/aromatic N) is 2. The molecular formula is C18H21N3O2S. The maximum atomic E-state index is 13.5. The molecule has 0 aromatic heterocycles. The SMILES string of the molecule is CC(C)N1C(=O)[C@@]2(Cc3ccccc3N3CCC[C@@H]32)C(=O)NC1=S. The predicted octanol–water partition coefficient (Wildman–Crippen LogP) is 1.85. The van der Waals surface area contributed by atoms with Crippen LogP contribution in [-0.2, 0) is 16.0 Å². The number of carbonyl (C=O) groups is 2. The van der Waals surface area contributed by atoms with Gasteiger partial charge in [-0.15, -0.1) is 0 Å². The first-order valence-electron chi connectivity index (χ1n) is 8.50. The number of fused-ring (bicyclic) bond motifs is 4. The van der Waals surface area contributed by atoms with E-state index in [1.807, 2.05) is 32.0 Å². The van der Waals surface area contributed by atoms with Gasteiger partial charge in [0, 0.05) is 18.3 Å². The van der Waals surface area contributed by atoms with Crippen LogP contribution in [0.3, 0.4) is 0 Å². The van der Waals surface area contributed by atoms with Crippen LogP contribution in [0.15, 0.2) is 24.3 Å². The summed E-state index contributed by atoms with van der Waals surface area (Å²) in [5, 5.41) is 3.05. The normalized spacial score (nSPS) is 29.1. The molecule has 3 aliphatic heterocycles. The van der Waals surface area contributed by atoms with Crippen molar-refractivity contribution in [3.63, 3.8) is 0 Å². The maximum absolute atomic E-state index is 13.5. The van der Waals surface area contributed by atoms with Crippen molar-refractivity contribution in [2.75, 3.05) is 11.4 Å². The molecule has 4 rings (SSSR count). The minimum Gasteiger partial charge on any atom is -0.367 e. The number of nitrogens with one attached hydrogen (secondary N) is 1. The second kappa shape index (κ2) is 5.28. The maximum Gasteiger partial charge on any atom is 0.247 e. The molecule has 5 nitrogen and oxygen atoms in total. The van der Waals surface area contributed by atoms with Crippen molar-refractivity contribution in [3.05, 3.63) is 29.8 Å². The molecule has 0 bridgehead atoms. The summed E-state index contributed by atoms with van der Waals surface area (Å²) >= 11 is 5.27. The number of benzene rings is 1. The third-order valence-electron chi connectivity index (χ3n) is 5.55. The van der Waals surface area contributed by atoms with E-state index in [9.17, 15) is 9.59 Å². The zero-order chi connectivity index (χ0) is 17.1. The number of thiocarbonyl (C=S) groups is 1. The predicted molar refractivity (Wildman–Crippen MR) is 95.7 cm³/mol. The average molecular weight is 343 g/mol. The van der Waals surface area contributed by atoms with Crippen LogP contribution < -0.4 is 10.2 Å². The molecule has 1 aromatic carbocycles. The summed E-state index contributed by atoms with van der Waals surface area (Å²) in [6, 6.07) is 7.94. The summed E-state index contributed by atoms with van der Waals surface area (Å²) < 4.78 is 0. The fourth-order valence-electron chi connectivity index (χ4n) is 4.52. The van der Waals surface area contributed by atoms with Crippen LogP contribution in [0.5, 0.6) is 0 Å². The number of amides is 2. The van der Waals surface area contributed by atoms with Gasteiger partial charge in [-0.1, -0.05) is 18.2 Å². The van der Waals surface area contributed by atoms with Gasteiger partial charge < -0.3 is 10.2 Å². The van der Waals surface area contributed by atoms with E-state index < -0.39 is 5.41 Å². The molecule has 3 heterocycles. The molecule has 6 heteroatoms. The molecule has 126 valence electrons. The zero-order valence-electron chi connectivity index (χ0n) is 13.9. The molecule has 2 atom stereocenters. The Morgan fingerprint density at radius 1 is 1.29 bits per heavy atom. The molecule has 24 heavy (non-hydrogen) atoms. The minimum absolute atomic E-state index is 0.0745. The monoisotopic (exact) mass is 343 g/mol. The van der Waals surface area contributed by atoms with E-state index in [1.165, 1.54) is 0 Å². The molecule has 0 unspecified atom stereocenters. The molecule has 2 amide bonds. The van der Waals surface area contributed by atoms with Crippen molar-refractivity contribution >= 4 is 34.8 Å². The molecule has 1 N–H and O–H groups in total. The Morgan fingerprint density at radius 3 is 2.79 bits per heavy atom. The van der Waals surface area contributed by atoms with Gasteiger partial charge in [0.25, 0.3) is 0 Å². The van der Waals surface area contributed by atoms with E-state index in [4.69, 9.17) is 12.2 Å². The largest absolute Gasteiger partial charge is 0.367 e. The van der Waals surface area contributed by atoms with Gasteiger partial charge in [0.05, 0.1) is 6.04 Å². The van der Waals surface area contributed by atoms with Crippen LogP contribution in [0.4, 0.5) is 5.69 Å². The number of para-hydroxylation sites is 1. The van der Waals surface area contributed by atoms with Gasteiger partial charge in [-0.2, -0.15) is 0 Å². The highest BCUT2D eigenvalue weighted by Gasteiger charge is 2.62. The summed E-state index contributed by atoms with van der Waals surface area (Å²) in [6.45, 7) is 4.74. The van der Waals surface area contributed by atoms with Crippen molar-refractivity contribution < 1.29 is 9.59 Å². The smallest absolute Gasteiger partial charge is 0.247 e.